The van der Waals surface area contributed by atoms with Crippen LogP contribution < -0.4 is 15.2 Å². The van der Waals surface area contributed by atoms with E-state index in [4.69, 9.17) is 9.88 Å². The van der Waals surface area contributed by atoms with Crippen molar-refractivity contribution < 1.29 is 13.2 Å². The summed E-state index contributed by atoms with van der Waals surface area (Å²) in [7, 11) is -3.66. The van der Waals surface area contributed by atoms with Gasteiger partial charge in [-0.25, -0.2) is 13.6 Å². The predicted octanol–water partition coefficient (Wildman–Crippen LogP) is 1.15. The lowest BCUT2D eigenvalue weighted by molar-refractivity contribution is 0.288. The molecule has 2 rings (SSSR count). The zero-order chi connectivity index (χ0) is 16.9. The average Bonchev–Trinajstić information content (AvgIpc) is 3.04. The van der Waals surface area contributed by atoms with Gasteiger partial charge in [-0.2, -0.15) is 5.10 Å². The Morgan fingerprint density at radius 2 is 2.00 bits per heavy atom. The van der Waals surface area contributed by atoms with Crippen LogP contribution in [0.4, 0.5) is 0 Å². The van der Waals surface area contributed by atoms with Gasteiger partial charge in [0.15, 0.2) is 0 Å². The highest BCUT2D eigenvalue weighted by Crippen LogP contribution is 2.14. The third kappa shape index (κ3) is 5.05. The van der Waals surface area contributed by atoms with Crippen molar-refractivity contribution in [3.8, 4) is 5.75 Å². The van der Waals surface area contributed by atoms with Crippen LogP contribution in [0.3, 0.4) is 0 Å². The maximum absolute atomic E-state index is 11.2. The fourth-order valence-corrected chi connectivity index (χ4v) is 2.62. The number of primary sulfonamides is 1. The van der Waals surface area contributed by atoms with Crippen LogP contribution in [0.15, 0.2) is 47.6 Å². The summed E-state index contributed by atoms with van der Waals surface area (Å²) < 4.78 is 29.8. The lowest BCUT2D eigenvalue weighted by atomic mass is 10.2. The summed E-state index contributed by atoms with van der Waals surface area (Å²) in [5.41, 5.74) is 0. The molecular formula is C15H22N4O3S. The minimum Gasteiger partial charge on any atom is -0.492 e. The molecule has 23 heavy (non-hydrogen) atoms. The lowest BCUT2D eigenvalue weighted by Gasteiger charge is -2.21. The molecular weight excluding hydrogens is 316 g/mol. The number of aromatic nitrogens is 2. The molecule has 0 aliphatic heterocycles. The van der Waals surface area contributed by atoms with Crippen LogP contribution in [-0.4, -0.2) is 37.4 Å². The van der Waals surface area contributed by atoms with Gasteiger partial charge in [0, 0.05) is 25.0 Å². The van der Waals surface area contributed by atoms with Gasteiger partial charge < -0.3 is 10.1 Å². The van der Waals surface area contributed by atoms with Crippen LogP contribution in [0.2, 0.25) is 0 Å². The standard InChI is InChI=1S/C15H22N4O3S/c1-12(13(2)19-10-3-8-18-19)17-9-11-22-14-4-6-15(7-5-14)23(16,20)21/h3-8,10,12-13,17H,9,11H2,1-2H3,(H2,16,20,21)/t12-,13+/m0/s1. The summed E-state index contributed by atoms with van der Waals surface area (Å²) in [4.78, 5) is 0.0737. The van der Waals surface area contributed by atoms with E-state index >= 15 is 0 Å². The fraction of sp³-hybridized carbons (Fsp3) is 0.400. The summed E-state index contributed by atoms with van der Waals surface area (Å²) in [5.74, 6) is 0.604. The first-order valence-corrected chi connectivity index (χ1v) is 8.91. The fourth-order valence-electron chi connectivity index (χ4n) is 2.10. The molecule has 2 aromatic rings. The average molecular weight is 338 g/mol. The smallest absolute Gasteiger partial charge is 0.238 e. The number of hydrogen-bond donors (Lipinski definition) is 2. The van der Waals surface area contributed by atoms with E-state index in [0.717, 1.165) is 0 Å². The second-order valence-corrected chi connectivity index (χ2v) is 6.90. The number of rotatable bonds is 8. The van der Waals surface area contributed by atoms with Gasteiger partial charge in [0.1, 0.15) is 12.4 Å². The highest BCUT2D eigenvalue weighted by Gasteiger charge is 2.13. The molecule has 0 spiro atoms. The zero-order valence-electron chi connectivity index (χ0n) is 13.2. The molecule has 126 valence electrons. The van der Waals surface area contributed by atoms with E-state index in [1.54, 1.807) is 18.3 Å². The van der Waals surface area contributed by atoms with Gasteiger partial charge in [-0.3, -0.25) is 4.68 Å². The number of ether oxygens (including phenoxy) is 1. The number of benzene rings is 1. The van der Waals surface area contributed by atoms with E-state index in [9.17, 15) is 8.42 Å². The topological polar surface area (TPSA) is 99.2 Å². The Morgan fingerprint density at radius 3 is 2.57 bits per heavy atom. The Balaban J connectivity index is 1.75. The number of nitrogens with two attached hydrogens (primary N) is 1. The van der Waals surface area contributed by atoms with E-state index < -0.39 is 10.0 Å². The SMILES string of the molecule is C[C@H](NCCOc1ccc(S(N)(=O)=O)cc1)[C@@H](C)n1cccn1. The third-order valence-corrected chi connectivity index (χ3v) is 4.58. The van der Waals surface area contributed by atoms with Crippen LogP contribution in [0.5, 0.6) is 5.75 Å². The number of hydrogen-bond acceptors (Lipinski definition) is 5. The van der Waals surface area contributed by atoms with Crippen LogP contribution in [0, 0.1) is 0 Å². The second-order valence-electron chi connectivity index (χ2n) is 5.33. The van der Waals surface area contributed by atoms with Crippen molar-refractivity contribution in [3.05, 3.63) is 42.7 Å². The normalized spacial score (nSPS) is 14.4. The molecule has 1 heterocycles. The molecule has 0 unspecified atom stereocenters. The third-order valence-electron chi connectivity index (χ3n) is 3.66. The van der Waals surface area contributed by atoms with Crippen molar-refractivity contribution in [1.29, 1.82) is 0 Å². The molecule has 1 aromatic heterocycles. The first kappa shape index (κ1) is 17.5. The molecule has 0 saturated carbocycles. The van der Waals surface area contributed by atoms with Crippen molar-refractivity contribution in [3.63, 3.8) is 0 Å². The summed E-state index contributed by atoms with van der Waals surface area (Å²) in [6, 6.07) is 8.42. The Labute approximate surface area is 136 Å². The van der Waals surface area contributed by atoms with Crippen molar-refractivity contribution in [2.45, 2.75) is 30.8 Å². The van der Waals surface area contributed by atoms with Gasteiger partial charge in [-0.05, 0) is 44.2 Å². The molecule has 0 radical (unpaired) electrons. The Bertz CT molecular complexity index is 699. The maximum atomic E-state index is 11.2. The highest BCUT2D eigenvalue weighted by atomic mass is 32.2. The highest BCUT2D eigenvalue weighted by molar-refractivity contribution is 7.89. The molecule has 2 atom stereocenters. The molecule has 0 aliphatic carbocycles. The van der Waals surface area contributed by atoms with Crippen molar-refractivity contribution in [1.82, 2.24) is 15.1 Å². The summed E-state index contributed by atoms with van der Waals surface area (Å²) >= 11 is 0. The van der Waals surface area contributed by atoms with Crippen molar-refractivity contribution in [2.75, 3.05) is 13.2 Å². The van der Waals surface area contributed by atoms with E-state index in [0.29, 0.717) is 18.9 Å². The Hall–Kier alpha value is -1.90. The van der Waals surface area contributed by atoms with Crippen LogP contribution >= 0.6 is 0 Å². The van der Waals surface area contributed by atoms with E-state index in [1.807, 2.05) is 16.9 Å². The van der Waals surface area contributed by atoms with Gasteiger partial charge in [0.05, 0.1) is 10.9 Å². The summed E-state index contributed by atoms with van der Waals surface area (Å²) in [5, 5.41) is 12.6. The van der Waals surface area contributed by atoms with Crippen molar-refractivity contribution in [2.24, 2.45) is 5.14 Å². The molecule has 0 amide bonds. The molecule has 8 heteroatoms. The van der Waals surface area contributed by atoms with Crippen LogP contribution in [-0.2, 0) is 10.0 Å². The Kier molecular flexibility index (Phi) is 5.75. The molecule has 0 fully saturated rings. The number of nitrogens with zero attached hydrogens (tertiary/aromatic N) is 2. The number of nitrogens with one attached hydrogen (secondary N) is 1. The molecule has 0 bridgehead atoms. The van der Waals surface area contributed by atoms with Crippen molar-refractivity contribution >= 4 is 10.0 Å². The summed E-state index contributed by atoms with van der Waals surface area (Å²) in [6.07, 6.45) is 3.70. The molecule has 3 N–H and O–H groups in total. The Morgan fingerprint density at radius 1 is 1.30 bits per heavy atom. The monoisotopic (exact) mass is 338 g/mol. The lowest BCUT2D eigenvalue weighted by Crippen LogP contribution is -2.36. The number of sulfonamides is 1. The van der Waals surface area contributed by atoms with Gasteiger partial charge in [-0.15, -0.1) is 0 Å². The maximum Gasteiger partial charge on any atom is 0.238 e. The summed E-state index contributed by atoms with van der Waals surface area (Å²) in [6.45, 7) is 5.33. The van der Waals surface area contributed by atoms with Crippen LogP contribution in [0.1, 0.15) is 19.9 Å². The molecule has 1 aromatic carbocycles. The first-order valence-electron chi connectivity index (χ1n) is 7.36. The quantitative estimate of drug-likeness (QED) is 0.703. The molecule has 0 saturated heterocycles. The van der Waals surface area contributed by atoms with Gasteiger partial charge in [0.25, 0.3) is 0 Å². The van der Waals surface area contributed by atoms with Gasteiger partial charge >= 0.3 is 0 Å². The van der Waals surface area contributed by atoms with E-state index in [-0.39, 0.29) is 17.0 Å². The van der Waals surface area contributed by atoms with Gasteiger partial charge in [0.2, 0.25) is 10.0 Å². The second kappa shape index (κ2) is 7.58. The van der Waals surface area contributed by atoms with Gasteiger partial charge in [-0.1, -0.05) is 0 Å². The minimum atomic E-state index is -3.66. The largest absolute Gasteiger partial charge is 0.492 e. The zero-order valence-corrected chi connectivity index (χ0v) is 14.0. The predicted molar refractivity (Wildman–Crippen MR) is 87.7 cm³/mol. The first-order chi connectivity index (χ1) is 10.9. The van der Waals surface area contributed by atoms with Crippen LogP contribution in [0.25, 0.3) is 0 Å². The van der Waals surface area contributed by atoms with E-state index in [1.165, 1.54) is 12.1 Å². The molecule has 0 aliphatic rings. The minimum absolute atomic E-state index is 0.0737. The molecule has 7 nitrogen and oxygen atoms in total. The van der Waals surface area contributed by atoms with E-state index in [2.05, 4.69) is 24.3 Å².